The molecule has 0 atom stereocenters. The average Bonchev–Trinajstić information content (AvgIpc) is 2.62. The second-order valence-corrected chi connectivity index (χ2v) is 5.32. The first-order valence-electron chi connectivity index (χ1n) is 7.39. The summed E-state index contributed by atoms with van der Waals surface area (Å²) in [6.07, 6.45) is 3.94. The maximum atomic E-state index is 14.3. The van der Waals surface area contributed by atoms with Crippen molar-refractivity contribution >= 4 is 11.2 Å². The number of aromatic nitrogens is 4. The van der Waals surface area contributed by atoms with E-state index in [4.69, 9.17) is 0 Å². The fourth-order valence-electron chi connectivity index (χ4n) is 2.55. The third-order valence-corrected chi connectivity index (χ3v) is 3.73. The number of rotatable bonds is 2. The van der Waals surface area contributed by atoms with Crippen LogP contribution in [0.3, 0.4) is 0 Å². The summed E-state index contributed by atoms with van der Waals surface area (Å²) in [5.41, 5.74) is 1.26. The first kappa shape index (κ1) is 15.1. The Labute approximate surface area is 140 Å². The van der Waals surface area contributed by atoms with Gasteiger partial charge in [-0.15, -0.1) is 0 Å². The molecule has 4 aromatic rings. The molecule has 25 heavy (non-hydrogen) atoms. The Kier molecular flexibility index (Phi) is 3.53. The largest absolute Gasteiger partial charge is 0.345 e. The van der Waals surface area contributed by atoms with Gasteiger partial charge in [0.25, 0.3) is 0 Å². The molecule has 0 amide bonds. The average molecular weight is 336 g/mol. The van der Waals surface area contributed by atoms with Crippen molar-refractivity contribution in [1.82, 2.24) is 19.9 Å². The summed E-state index contributed by atoms with van der Waals surface area (Å²) in [5.74, 6) is -0.991. The molecule has 0 radical (unpaired) electrons. The van der Waals surface area contributed by atoms with Gasteiger partial charge in [0.05, 0.1) is 11.9 Å². The lowest BCUT2D eigenvalue weighted by molar-refractivity contribution is 0.624. The predicted octanol–water partition coefficient (Wildman–Crippen LogP) is 3.33. The molecule has 5 nitrogen and oxygen atoms in total. The molecule has 0 fully saturated rings. The molecule has 3 heterocycles. The maximum Gasteiger partial charge on any atom is 0.209 e. The molecule has 0 unspecified atom stereocenters. The van der Waals surface area contributed by atoms with Gasteiger partial charge in [0, 0.05) is 29.6 Å². The number of hydrogen-bond donors (Lipinski definition) is 1. The van der Waals surface area contributed by atoms with E-state index in [2.05, 4.69) is 19.9 Å². The second kappa shape index (κ2) is 5.86. The monoisotopic (exact) mass is 336 g/mol. The van der Waals surface area contributed by atoms with E-state index in [1.54, 1.807) is 0 Å². The van der Waals surface area contributed by atoms with Gasteiger partial charge in [-0.05, 0) is 30.3 Å². The van der Waals surface area contributed by atoms with E-state index in [-0.39, 0.29) is 27.9 Å². The van der Waals surface area contributed by atoms with Gasteiger partial charge in [0.1, 0.15) is 11.5 Å². The van der Waals surface area contributed by atoms with E-state index in [0.717, 1.165) is 6.20 Å². The number of aromatic amines is 1. The third-order valence-electron chi connectivity index (χ3n) is 3.73. The molecule has 0 saturated heterocycles. The molecule has 3 aromatic heterocycles. The Hall–Kier alpha value is -3.48. The van der Waals surface area contributed by atoms with E-state index in [9.17, 15) is 13.6 Å². The van der Waals surface area contributed by atoms with Crippen molar-refractivity contribution in [2.75, 3.05) is 0 Å². The van der Waals surface area contributed by atoms with E-state index in [1.165, 1.54) is 48.8 Å². The van der Waals surface area contributed by atoms with Crippen molar-refractivity contribution in [2.24, 2.45) is 0 Å². The molecule has 4 rings (SSSR count). The van der Waals surface area contributed by atoms with E-state index in [0.29, 0.717) is 11.3 Å². The Bertz CT molecular complexity index is 1140. The molecular weight excluding hydrogens is 326 g/mol. The zero-order chi connectivity index (χ0) is 17.4. The van der Waals surface area contributed by atoms with Crippen molar-refractivity contribution in [1.29, 1.82) is 0 Å². The number of nitrogens with zero attached hydrogens (tertiary/aromatic N) is 3. The molecule has 0 aliphatic heterocycles. The predicted molar refractivity (Wildman–Crippen MR) is 88.7 cm³/mol. The number of halogens is 2. The lowest BCUT2D eigenvalue weighted by Gasteiger charge is -2.10. The van der Waals surface area contributed by atoms with Gasteiger partial charge in [-0.25, -0.2) is 18.7 Å². The summed E-state index contributed by atoms with van der Waals surface area (Å²) in [7, 11) is 0. The number of pyridine rings is 2. The van der Waals surface area contributed by atoms with Crippen molar-refractivity contribution in [3.63, 3.8) is 0 Å². The van der Waals surface area contributed by atoms with Crippen LogP contribution in [0, 0.1) is 11.6 Å². The summed E-state index contributed by atoms with van der Waals surface area (Å²) in [6.45, 7) is 0. The molecule has 122 valence electrons. The quantitative estimate of drug-likeness (QED) is 0.609. The highest BCUT2D eigenvalue weighted by atomic mass is 19.1. The molecule has 1 aromatic carbocycles. The maximum absolute atomic E-state index is 14.3. The van der Waals surface area contributed by atoms with Crippen LogP contribution in [0.5, 0.6) is 0 Å². The third kappa shape index (κ3) is 2.65. The highest BCUT2D eigenvalue weighted by Crippen LogP contribution is 2.31. The van der Waals surface area contributed by atoms with Gasteiger partial charge in [0.2, 0.25) is 5.43 Å². The van der Waals surface area contributed by atoms with Crippen LogP contribution in [-0.2, 0) is 0 Å². The van der Waals surface area contributed by atoms with Crippen LogP contribution in [0.4, 0.5) is 8.78 Å². The Balaban J connectivity index is 2.09. The summed E-state index contributed by atoms with van der Waals surface area (Å²) < 4.78 is 27.5. The lowest BCUT2D eigenvalue weighted by Crippen LogP contribution is -2.07. The Morgan fingerprint density at radius 1 is 0.920 bits per heavy atom. The van der Waals surface area contributed by atoms with Gasteiger partial charge in [-0.1, -0.05) is 0 Å². The van der Waals surface area contributed by atoms with E-state index in [1.807, 2.05) is 0 Å². The molecule has 0 saturated carbocycles. The zero-order valence-electron chi connectivity index (χ0n) is 12.7. The summed E-state index contributed by atoms with van der Waals surface area (Å²) in [4.78, 5) is 27.4. The molecule has 1 N–H and O–H groups in total. The fourth-order valence-corrected chi connectivity index (χ4v) is 2.55. The lowest BCUT2D eigenvalue weighted by atomic mass is 10.0. The SMILES string of the molecule is O=c1cc[nH]c2nc(-c3ccc(F)cc3)c(-c3ccncc3F)nc12. The second-order valence-electron chi connectivity index (χ2n) is 5.32. The highest BCUT2D eigenvalue weighted by molar-refractivity contribution is 5.84. The van der Waals surface area contributed by atoms with Gasteiger partial charge in [-0.2, -0.15) is 0 Å². The number of hydrogen-bond acceptors (Lipinski definition) is 4. The van der Waals surface area contributed by atoms with Crippen LogP contribution in [0.1, 0.15) is 0 Å². The van der Waals surface area contributed by atoms with Crippen LogP contribution >= 0.6 is 0 Å². The molecule has 0 aliphatic rings. The molecular formula is C18H10F2N4O. The molecule has 0 aliphatic carbocycles. The minimum atomic E-state index is -0.591. The first-order chi connectivity index (χ1) is 12.1. The number of benzene rings is 1. The standard InChI is InChI=1S/C18H10F2N4O/c19-11-3-1-10(2-4-11)15-16(12-5-7-21-9-13(12)20)23-17-14(25)6-8-22-18(17)24-15/h1-9H,(H,22,24,25). The van der Waals surface area contributed by atoms with Gasteiger partial charge >= 0.3 is 0 Å². The minimum absolute atomic E-state index is 0.0968. The number of H-pyrrole nitrogens is 1. The molecule has 0 spiro atoms. The van der Waals surface area contributed by atoms with Crippen molar-refractivity contribution < 1.29 is 8.78 Å². The summed E-state index contributed by atoms with van der Waals surface area (Å²) in [6, 6.07) is 8.38. The topological polar surface area (TPSA) is 71.5 Å². The molecule has 7 heteroatoms. The fraction of sp³-hybridized carbons (Fsp3) is 0. The van der Waals surface area contributed by atoms with Crippen LogP contribution in [0.25, 0.3) is 33.7 Å². The highest BCUT2D eigenvalue weighted by Gasteiger charge is 2.17. The van der Waals surface area contributed by atoms with Crippen LogP contribution in [0.2, 0.25) is 0 Å². The Morgan fingerprint density at radius 2 is 1.72 bits per heavy atom. The van der Waals surface area contributed by atoms with Crippen LogP contribution in [-0.4, -0.2) is 19.9 Å². The van der Waals surface area contributed by atoms with E-state index >= 15 is 0 Å². The van der Waals surface area contributed by atoms with E-state index < -0.39 is 11.6 Å². The van der Waals surface area contributed by atoms with Gasteiger partial charge in [-0.3, -0.25) is 9.78 Å². The van der Waals surface area contributed by atoms with Gasteiger partial charge < -0.3 is 4.98 Å². The first-order valence-corrected chi connectivity index (χ1v) is 7.39. The summed E-state index contributed by atoms with van der Waals surface area (Å²) >= 11 is 0. The van der Waals surface area contributed by atoms with Crippen LogP contribution < -0.4 is 5.43 Å². The minimum Gasteiger partial charge on any atom is -0.345 e. The number of fused-ring (bicyclic) bond motifs is 1. The Morgan fingerprint density at radius 3 is 2.48 bits per heavy atom. The zero-order valence-corrected chi connectivity index (χ0v) is 12.7. The summed E-state index contributed by atoms with van der Waals surface area (Å²) in [5, 5.41) is 0. The van der Waals surface area contributed by atoms with Crippen molar-refractivity contribution in [2.45, 2.75) is 0 Å². The van der Waals surface area contributed by atoms with Gasteiger partial charge in [0.15, 0.2) is 17.0 Å². The smallest absolute Gasteiger partial charge is 0.209 e. The normalized spacial score (nSPS) is 11.0. The molecule has 0 bridgehead atoms. The van der Waals surface area contributed by atoms with Crippen molar-refractivity contribution in [3.8, 4) is 22.5 Å². The van der Waals surface area contributed by atoms with Crippen LogP contribution in [0.15, 0.2) is 59.8 Å². The van der Waals surface area contributed by atoms with Crippen molar-refractivity contribution in [3.05, 3.63) is 76.8 Å². The number of nitrogens with one attached hydrogen (secondary N) is 1.